The number of hydrogen-bond donors (Lipinski definition) is 1. The molecule has 0 spiro atoms. The Morgan fingerprint density at radius 3 is 2.68 bits per heavy atom. The topological polar surface area (TPSA) is 53.1 Å². The molecule has 1 aromatic heterocycles. The first kappa shape index (κ1) is 12.1. The normalized spacial score (nSPS) is 14.6. The average Bonchev–Trinajstić information content (AvgIpc) is 3.16. The van der Waals surface area contributed by atoms with E-state index in [0.717, 1.165) is 24.6 Å². The summed E-state index contributed by atoms with van der Waals surface area (Å²) in [7, 11) is 1.67. The van der Waals surface area contributed by atoms with Gasteiger partial charge in [0.1, 0.15) is 11.6 Å². The summed E-state index contributed by atoms with van der Waals surface area (Å²) in [4.78, 5) is 0. The number of ether oxygens (including phenoxy) is 1. The number of nitrogen functional groups attached to an aromatic ring is 1. The van der Waals surface area contributed by atoms with Gasteiger partial charge in [-0.2, -0.15) is 5.10 Å². The molecule has 1 aliphatic carbocycles. The predicted octanol–water partition coefficient (Wildman–Crippen LogP) is 2.47. The van der Waals surface area contributed by atoms with Gasteiger partial charge in [-0.3, -0.25) is 4.68 Å². The van der Waals surface area contributed by atoms with E-state index in [1.54, 1.807) is 7.11 Å². The SMILES string of the molecule is COc1ccc(Cn2cc(CC3CC3)c(N)n2)cc1. The first-order valence-corrected chi connectivity index (χ1v) is 6.69. The van der Waals surface area contributed by atoms with Crippen LogP contribution in [0, 0.1) is 5.92 Å². The average molecular weight is 257 g/mol. The fraction of sp³-hybridized carbons (Fsp3) is 0.400. The molecule has 0 atom stereocenters. The van der Waals surface area contributed by atoms with Crippen molar-refractivity contribution in [3.63, 3.8) is 0 Å². The number of benzene rings is 1. The van der Waals surface area contributed by atoms with Gasteiger partial charge in [-0.15, -0.1) is 0 Å². The molecule has 1 fully saturated rings. The minimum Gasteiger partial charge on any atom is -0.497 e. The number of nitrogens with zero attached hydrogens (tertiary/aromatic N) is 2. The summed E-state index contributed by atoms with van der Waals surface area (Å²) in [5.41, 5.74) is 8.35. The molecule has 2 N–H and O–H groups in total. The van der Waals surface area contributed by atoms with E-state index in [-0.39, 0.29) is 0 Å². The number of anilines is 1. The van der Waals surface area contributed by atoms with Gasteiger partial charge in [0, 0.05) is 11.8 Å². The quantitative estimate of drug-likeness (QED) is 0.895. The molecule has 0 saturated heterocycles. The Bertz CT molecular complexity index is 555. The summed E-state index contributed by atoms with van der Waals surface area (Å²) in [6, 6.07) is 8.04. The highest BCUT2D eigenvalue weighted by Crippen LogP contribution is 2.33. The second-order valence-corrected chi connectivity index (χ2v) is 5.23. The summed E-state index contributed by atoms with van der Waals surface area (Å²) in [6.45, 7) is 0.749. The maximum absolute atomic E-state index is 5.96. The third kappa shape index (κ3) is 2.89. The zero-order valence-electron chi connectivity index (χ0n) is 11.2. The zero-order valence-corrected chi connectivity index (χ0v) is 11.2. The van der Waals surface area contributed by atoms with Crippen LogP contribution >= 0.6 is 0 Å². The van der Waals surface area contributed by atoms with Gasteiger partial charge < -0.3 is 10.5 Å². The molecule has 0 unspecified atom stereocenters. The molecule has 1 heterocycles. The lowest BCUT2D eigenvalue weighted by atomic mass is 10.1. The molecule has 4 nitrogen and oxygen atoms in total. The lowest BCUT2D eigenvalue weighted by molar-refractivity contribution is 0.414. The number of methoxy groups -OCH3 is 1. The van der Waals surface area contributed by atoms with Gasteiger partial charge in [0.05, 0.1) is 13.7 Å². The van der Waals surface area contributed by atoms with Crippen LogP contribution < -0.4 is 10.5 Å². The lowest BCUT2D eigenvalue weighted by Gasteiger charge is -2.03. The molecule has 0 aliphatic heterocycles. The Morgan fingerprint density at radius 1 is 1.32 bits per heavy atom. The van der Waals surface area contributed by atoms with E-state index in [9.17, 15) is 0 Å². The summed E-state index contributed by atoms with van der Waals surface area (Å²) >= 11 is 0. The highest BCUT2D eigenvalue weighted by atomic mass is 16.5. The summed E-state index contributed by atoms with van der Waals surface area (Å²) in [5, 5.41) is 4.39. The highest BCUT2D eigenvalue weighted by Gasteiger charge is 2.23. The van der Waals surface area contributed by atoms with Crippen LogP contribution in [-0.2, 0) is 13.0 Å². The van der Waals surface area contributed by atoms with Crippen molar-refractivity contribution in [1.29, 1.82) is 0 Å². The van der Waals surface area contributed by atoms with Crippen LogP contribution in [0.4, 0.5) is 5.82 Å². The van der Waals surface area contributed by atoms with E-state index in [0.29, 0.717) is 5.82 Å². The van der Waals surface area contributed by atoms with Crippen molar-refractivity contribution >= 4 is 5.82 Å². The summed E-state index contributed by atoms with van der Waals surface area (Å²) in [6.07, 6.45) is 5.83. The third-order valence-corrected chi connectivity index (χ3v) is 3.58. The molecule has 4 heteroatoms. The Morgan fingerprint density at radius 2 is 2.05 bits per heavy atom. The van der Waals surface area contributed by atoms with Gasteiger partial charge in [-0.1, -0.05) is 12.1 Å². The van der Waals surface area contributed by atoms with Crippen LogP contribution in [0.2, 0.25) is 0 Å². The van der Waals surface area contributed by atoms with Gasteiger partial charge in [0.25, 0.3) is 0 Å². The van der Waals surface area contributed by atoms with E-state index < -0.39 is 0 Å². The maximum atomic E-state index is 5.96. The van der Waals surface area contributed by atoms with Gasteiger partial charge >= 0.3 is 0 Å². The van der Waals surface area contributed by atoms with Crippen LogP contribution in [0.3, 0.4) is 0 Å². The van der Waals surface area contributed by atoms with Crippen molar-refractivity contribution in [2.24, 2.45) is 5.92 Å². The highest BCUT2D eigenvalue weighted by molar-refractivity contribution is 5.38. The Balaban J connectivity index is 1.70. The van der Waals surface area contributed by atoms with Crippen LogP contribution in [0.5, 0.6) is 5.75 Å². The Kier molecular flexibility index (Phi) is 3.15. The molecule has 100 valence electrons. The fourth-order valence-corrected chi connectivity index (χ4v) is 2.27. The number of aromatic nitrogens is 2. The second-order valence-electron chi connectivity index (χ2n) is 5.23. The number of hydrogen-bond acceptors (Lipinski definition) is 3. The van der Waals surface area contributed by atoms with Crippen LogP contribution in [0.15, 0.2) is 30.5 Å². The molecular weight excluding hydrogens is 238 g/mol. The van der Waals surface area contributed by atoms with Crippen LogP contribution in [0.1, 0.15) is 24.0 Å². The van der Waals surface area contributed by atoms with E-state index in [1.807, 2.05) is 16.8 Å². The third-order valence-electron chi connectivity index (χ3n) is 3.58. The standard InChI is InChI=1S/C15H19N3O/c1-19-14-6-4-12(5-7-14)9-18-10-13(15(16)17-18)8-11-2-3-11/h4-7,10-11H,2-3,8-9H2,1H3,(H2,16,17). The molecule has 0 radical (unpaired) electrons. The minimum atomic E-state index is 0.681. The monoisotopic (exact) mass is 257 g/mol. The first-order valence-electron chi connectivity index (χ1n) is 6.69. The van der Waals surface area contributed by atoms with Crippen molar-refractivity contribution in [3.05, 3.63) is 41.6 Å². The lowest BCUT2D eigenvalue weighted by Crippen LogP contribution is -2.00. The van der Waals surface area contributed by atoms with E-state index in [2.05, 4.69) is 23.4 Å². The Hall–Kier alpha value is -1.97. The number of rotatable bonds is 5. The first-order chi connectivity index (χ1) is 9.24. The predicted molar refractivity (Wildman–Crippen MR) is 75.2 cm³/mol. The van der Waals surface area contributed by atoms with Crippen molar-refractivity contribution in [1.82, 2.24) is 9.78 Å². The van der Waals surface area contributed by atoms with Gasteiger partial charge in [-0.05, 0) is 42.9 Å². The second kappa shape index (κ2) is 4.96. The van der Waals surface area contributed by atoms with Crippen molar-refractivity contribution in [2.75, 3.05) is 12.8 Å². The molecule has 0 amide bonds. The van der Waals surface area contributed by atoms with Gasteiger partial charge in [0.2, 0.25) is 0 Å². The van der Waals surface area contributed by atoms with Gasteiger partial charge in [0.15, 0.2) is 0 Å². The van der Waals surface area contributed by atoms with E-state index in [4.69, 9.17) is 10.5 Å². The molecule has 1 aliphatic rings. The number of nitrogens with two attached hydrogens (primary N) is 1. The van der Waals surface area contributed by atoms with Crippen LogP contribution in [-0.4, -0.2) is 16.9 Å². The smallest absolute Gasteiger partial charge is 0.148 e. The van der Waals surface area contributed by atoms with Crippen LogP contribution in [0.25, 0.3) is 0 Å². The molecule has 2 aromatic rings. The molecule has 1 saturated carbocycles. The molecular formula is C15H19N3O. The van der Waals surface area contributed by atoms with E-state index in [1.165, 1.54) is 24.0 Å². The molecule has 19 heavy (non-hydrogen) atoms. The van der Waals surface area contributed by atoms with E-state index >= 15 is 0 Å². The Labute approximate surface area is 113 Å². The molecule has 3 rings (SSSR count). The van der Waals surface area contributed by atoms with Gasteiger partial charge in [-0.25, -0.2) is 0 Å². The maximum Gasteiger partial charge on any atom is 0.148 e. The van der Waals surface area contributed by atoms with Crippen molar-refractivity contribution in [2.45, 2.75) is 25.8 Å². The van der Waals surface area contributed by atoms with Crippen molar-refractivity contribution in [3.8, 4) is 5.75 Å². The molecule has 1 aromatic carbocycles. The fourth-order valence-electron chi connectivity index (χ4n) is 2.27. The largest absolute Gasteiger partial charge is 0.497 e. The zero-order chi connectivity index (χ0) is 13.2. The summed E-state index contributed by atoms with van der Waals surface area (Å²) in [5.74, 6) is 2.39. The minimum absolute atomic E-state index is 0.681. The van der Waals surface area contributed by atoms with Crippen molar-refractivity contribution < 1.29 is 4.74 Å². The molecule has 0 bridgehead atoms. The summed E-state index contributed by atoms with van der Waals surface area (Å²) < 4.78 is 7.08.